The lowest BCUT2D eigenvalue weighted by molar-refractivity contribution is 0.483. The fourth-order valence-electron chi connectivity index (χ4n) is 1.54. The number of hydrogen-bond acceptors (Lipinski definition) is 4. The molecule has 100 valence electrons. The van der Waals surface area contributed by atoms with Crippen LogP contribution in [0.1, 0.15) is 0 Å². The Hall–Kier alpha value is -1.76. The van der Waals surface area contributed by atoms with Crippen LogP contribution in [0.25, 0.3) is 0 Å². The van der Waals surface area contributed by atoms with E-state index in [2.05, 4.69) is 5.32 Å². The molecule has 19 heavy (non-hydrogen) atoms. The van der Waals surface area contributed by atoms with Crippen LogP contribution in [-0.2, 0) is 10.1 Å². The van der Waals surface area contributed by atoms with Crippen LogP contribution in [0.5, 0.6) is 0 Å². The third kappa shape index (κ3) is 3.37. The SMILES string of the molecule is Nc1ccc(Nc2ccc(Cl)cc2)cc1S(=O)(=O)O. The summed E-state index contributed by atoms with van der Waals surface area (Å²) < 4.78 is 31.3. The number of rotatable bonds is 3. The van der Waals surface area contributed by atoms with Gasteiger partial charge < -0.3 is 11.1 Å². The Labute approximate surface area is 115 Å². The van der Waals surface area contributed by atoms with E-state index >= 15 is 0 Å². The number of hydrogen-bond donors (Lipinski definition) is 3. The fraction of sp³-hybridized carbons (Fsp3) is 0. The van der Waals surface area contributed by atoms with E-state index in [0.717, 1.165) is 5.69 Å². The summed E-state index contributed by atoms with van der Waals surface area (Å²) in [5, 5.41) is 3.58. The van der Waals surface area contributed by atoms with E-state index in [9.17, 15) is 8.42 Å². The first-order valence-corrected chi connectivity index (χ1v) is 7.08. The van der Waals surface area contributed by atoms with Gasteiger partial charge in [-0.05, 0) is 42.5 Å². The second kappa shape index (κ2) is 5.08. The summed E-state index contributed by atoms with van der Waals surface area (Å²) in [5.41, 5.74) is 6.72. The Bertz CT molecular complexity index is 699. The van der Waals surface area contributed by atoms with E-state index in [0.29, 0.717) is 10.7 Å². The Morgan fingerprint density at radius 1 is 1.05 bits per heavy atom. The van der Waals surface area contributed by atoms with Crippen LogP contribution in [0.15, 0.2) is 47.4 Å². The molecule has 0 aromatic heterocycles. The second-order valence-electron chi connectivity index (χ2n) is 3.86. The third-order valence-corrected chi connectivity index (χ3v) is 3.59. The summed E-state index contributed by atoms with van der Waals surface area (Å²) in [7, 11) is -4.34. The number of anilines is 3. The number of nitrogens with one attached hydrogen (secondary N) is 1. The van der Waals surface area contributed by atoms with Gasteiger partial charge in [0.1, 0.15) is 4.90 Å². The number of benzene rings is 2. The van der Waals surface area contributed by atoms with Gasteiger partial charge in [0.25, 0.3) is 10.1 Å². The molecule has 0 aliphatic rings. The highest BCUT2D eigenvalue weighted by Gasteiger charge is 2.14. The topological polar surface area (TPSA) is 92.4 Å². The zero-order chi connectivity index (χ0) is 14.0. The molecule has 0 fully saturated rings. The molecule has 0 amide bonds. The molecule has 0 aliphatic heterocycles. The molecule has 0 aliphatic carbocycles. The molecule has 0 bridgehead atoms. The first-order chi connectivity index (χ1) is 8.86. The van der Waals surface area contributed by atoms with Crippen LogP contribution < -0.4 is 11.1 Å². The fourth-order valence-corrected chi connectivity index (χ4v) is 2.30. The van der Waals surface area contributed by atoms with Crippen LogP contribution >= 0.6 is 11.6 Å². The van der Waals surface area contributed by atoms with E-state index in [4.69, 9.17) is 21.9 Å². The van der Waals surface area contributed by atoms with Gasteiger partial charge in [-0.2, -0.15) is 8.42 Å². The summed E-state index contributed by atoms with van der Waals surface area (Å²) in [5.74, 6) is 0. The average molecular weight is 299 g/mol. The van der Waals surface area contributed by atoms with Gasteiger partial charge in [0, 0.05) is 16.4 Å². The van der Waals surface area contributed by atoms with Gasteiger partial charge in [0.15, 0.2) is 0 Å². The maximum Gasteiger partial charge on any atom is 0.296 e. The first kappa shape index (κ1) is 13.7. The summed E-state index contributed by atoms with van der Waals surface area (Å²) in [6, 6.07) is 11.2. The Balaban J connectivity index is 2.34. The van der Waals surface area contributed by atoms with E-state index < -0.39 is 10.1 Å². The van der Waals surface area contributed by atoms with Crippen LogP contribution in [0.3, 0.4) is 0 Å². The van der Waals surface area contributed by atoms with Crippen LogP contribution in [-0.4, -0.2) is 13.0 Å². The molecule has 0 saturated heterocycles. The summed E-state index contributed by atoms with van der Waals surface area (Å²) in [6.07, 6.45) is 0. The lowest BCUT2D eigenvalue weighted by Gasteiger charge is -2.09. The molecule has 4 N–H and O–H groups in total. The lowest BCUT2D eigenvalue weighted by Crippen LogP contribution is -2.04. The molecule has 5 nitrogen and oxygen atoms in total. The average Bonchev–Trinajstić information content (AvgIpc) is 2.33. The highest BCUT2D eigenvalue weighted by molar-refractivity contribution is 7.86. The van der Waals surface area contributed by atoms with Gasteiger partial charge in [-0.25, -0.2) is 0 Å². The zero-order valence-electron chi connectivity index (χ0n) is 9.67. The highest BCUT2D eigenvalue weighted by atomic mass is 35.5. The number of nitrogens with two attached hydrogens (primary N) is 1. The highest BCUT2D eigenvalue weighted by Crippen LogP contribution is 2.25. The van der Waals surface area contributed by atoms with Crippen molar-refractivity contribution in [1.82, 2.24) is 0 Å². The van der Waals surface area contributed by atoms with Gasteiger partial charge in [0.2, 0.25) is 0 Å². The van der Waals surface area contributed by atoms with Crippen molar-refractivity contribution in [2.24, 2.45) is 0 Å². The smallest absolute Gasteiger partial charge is 0.296 e. The van der Waals surface area contributed by atoms with Gasteiger partial charge in [-0.1, -0.05) is 11.6 Å². The van der Waals surface area contributed by atoms with Crippen molar-refractivity contribution >= 4 is 38.8 Å². The summed E-state index contributed by atoms with van der Waals surface area (Å²) in [6.45, 7) is 0. The van der Waals surface area contributed by atoms with Crippen molar-refractivity contribution in [1.29, 1.82) is 0 Å². The second-order valence-corrected chi connectivity index (χ2v) is 5.69. The van der Waals surface area contributed by atoms with Gasteiger partial charge in [-0.3, -0.25) is 4.55 Å². The van der Waals surface area contributed by atoms with Crippen molar-refractivity contribution in [3.8, 4) is 0 Å². The van der Waals surface area contributed by atoms with Crippen molar-refractivity contribution in [2.75, 3.05) is 11.1 Å². The predicted molar refractivity (Wildman–Crippen MR) is 75.4 cm³/mol. The van der Waals surface area contributed by atoms with E-state index in [1.807, 2.05) is 0 Å². The van der Waals surface area contributed by atoms with Crippen molar-refractivity contribution in [3.05, 3.63) is 47.5 Å². The van der Waals surface area contributed by atoms with Crippen molar-refractivity contribution < 1.29 is 13.0 Å². The van der Waals surface area contributed by atoms with Crippen LogP contribution in [0.4, 0.5) is 17.1 Å². The third-order valence-electron chi connectivity index (χ3n) is 2.42. The number of halogens is 1. The van der Waals surface area contributed by atoms with Crippen molar-refractivity contribution in [2.45, 2.75) is 4.90 Å². The van der Waals surface area contributed by atoms with Crippen molar-refractivity contribution in [3.63, 3.8) is 0 Å². The normalized spacial score (nSPS) is 11.3. The molecule has 0 saturated carbocycles. The Kier molecular flexibility index (Phi) is 3.66. The molecule has 7 heteroatoms. The standard InChI is InChI=1S/C12H11ClN2O3S/c13-8-1-3-9(4-2-8)15-10-5-6-11(14)12(7-10)19(16,17)18/h1-7,15H,14H2,(H,16,17,18). The molecule has 0 atom stereocenters. The largest absolute Gasteiger partial charge is 0.398 e. The van der Waals surface area contributed by atoms with Gasteiger partial charge >= 0.3 is 0 Å². The lowest BCUT2D eigenvalue weighted by atomic mass is 10.2. The maximum absolute atomic E-state index is 11.1. The minimum absolute atomic E-state index is 0.0100. The van der Waals surface area contributed by atoms with Crippen LogP contribution in [0.2, 0.25) is 5.02 Å². The molecule has 0 spiro atoms. The van der Waals surface area contributed by atoms with Gasteiger partial charge in [0.05, 0.1) is 5.69 Å². The minimum atomic E-state index is -4.34. The molecular formula is C12H11ClN2O3S. The van der Waals surface area contributed by atoms with E-state index in [-0.39, 0.29) is 10.6 Å². The summed E-state index contributed by atoms with van der Waals surface area (Å²) >= 11 is 5.76. The molecule has 2 rings (SSSR count). The van der Waals surface area contributed by atoms with Gasteiger partial charge in [-0.15, -0.1) is 0 Å². The molecule has 0 heterocycles. The van der Waals surface area contributed by atoms with Crippen LogP contribution in [0, 0.1) is 0 Å². The summed E-state index contributed by atoms with van der Waals surface area (Å²) in [4.78, 5) is -0.327. The quantitative estimate of drug-likeness (QED) is 0.598. The minimum Gasteiger partial charge on any atom is -0.398 e. The zero-order valence-corrected chi connectivity index (χ0v) is 11.2. The first-order valence-electron chi connectivity index (χ1n) is 5.26. The maximum atomic E-state index is 11.1. The monoisotopic (exact) mass is 298 g/mol. The molecule has 0 unspecified atom stereocenters. The number of nitrogen functional groups attached to an aromatic ring is 1. The molecule has 0 radical (unpaired) electrons. The Morgan fingerprint density at radius 2 is 1.63 bits per heavy atom. The Morgan fingerprint density at radius 3 is 2.21 bits per heavy atom. The molecule has 2 aromatic carbocycles. The van der Waals surface area contributed by atoms with E-state index in [1.54, 1.807) is 30.3 Å². The van der Waals surface area contributed by atoms with E-state index in [1.165, 1.54) is 12.1 Å². The molecular weight excluding hydrogens is 288 g/mol. The molecule has 2 aromatic rings. The predicted octanol–water partition coefficient (Wildman–Crippen LogP) is 2.91.